The first-order chi connectivity index (χ1) is 12.9. The molecule has 0 aliphatic heterocycles. The zero-order valence-electron chi connectivity index (χ0n) is 14.8. The summed E-state index contributed by atoms with van der Waals surface area (Å²) in [5, 5.41) is 4.76. The second-order valence-corrected chi connectivity index (χ2v) is 6.79. The summed E-state index contributed by atoms with van der Waals surface area (Å²) >= 11 is 7.00. The molecular weight excluding hydrogens is 397 g/mol. The van der Waals surface area contributed by atoms with Gasteiger partial charge in [0, 0.05) is 31.3 Å². The van der Waals surface area contributed by atoms with Crippen molar-refractivity contribution in [3.05, 3.63) is 45.1 Å². The lowest BCUT2D eigenvalue weighted by atomic mass is 10.3. The fraction of sp³-hybridized carbons (Fsp3) is 0.353. The van der Waals surface area contributed by atoms with E-state index >= 15 is 0 Å². The quantitative estimate of drug-likeness (QED) is 0.524. The fourth-order valence-corrected chi connectivity index (χ4v) is 3.13. The Hall–Kier alpha value is -2.23. The third-order valence-corrected chi connectivity index (χ3v) is 4.63. The highest BCUT2D eigenvalue weighted by molar-refractivity contribution is 7.09. The molecule has 1 heterocycles. The number of thiazole rings is 1. The molecule has 1 N–H and O–H groups in total. The minimum Gasteiger partial charge on any atom is -0.464 e. The fourth-order valence-electron chi connectivity index (χ4n) is 2.17. The van der Waals surface area contributed by atoms with E-state index in [0.717, 1.165) is 0 Å². The Morgan fingerprint density at radius 3 is 2.81 bits per heavy atom. The van der Waals surface area contributed by atoms with Crippen LogP contribution in [0.25, 0.3) is 0 Å². The number of hydrogen-bond acceptors (Lipinski definition) is 6. The summed E-state index contributed by atoms with van der Waals surface area (Å²) in [5.41, 5.74) is 0.567. The standard InChI is InChI=1S/C17H19ClFN3O4S/c1-25-7-3-6-22(9-15-21-14(10-27-15)16(23)26-2)17(24)20-11-4-5-13(19)12(18)8-11/h4-5,8,10H,3,6-7,9H2,1-2H3,(H,20,24). The Morgan fingerprint density at radius 2 is 2.15 bits per heavy atom. The summed E-state index contributed by atoms with van der Waals surface area (Å²) in [4.78, 5) is 29.9. The predicted molar refractivity (Wildman–Crippen MR) is 101 cm³/mol. The van der Waals surface area contributed by atoms with Crippen molar-refractivity contribution < 1.29 is 23.5 Å². The first-order valence-electron chi connectivity index (χ1n) is 7.97. The van der Waals surface area contributed by atoms with Crippen molar-refractivity contribution in [1.82, 2.24) is 9.88 Å². The van der Waals surface area contributed by atoms with Gasteiger partial charge < -0.3 is 19.7 Å². The van der Waals surface area contributed by atoms with Gasteiger partial charge in [-0.05, 0) is 24.6 Å². The highest BCUT2D eigenvalue weighted by Gasteiger charge is 2.18. The number of carbonyl (C=O) groups excluding carboxylic acids is 2. The van der Waals surface area contributed by atoms with Crippen LogP contribution in [0.3, 0.4) is 0 Å². The molecule has 1 aromatic heterocycles. The molecule has 146 valence electrons. The molecule has 0 aliphatic carbocycles. The minimum atomic E-state index is -0.565. The number of hydrogen-bond donors (Lipinski definition) is 1. The molecule has 7 nitrogen and oxygen atoms in total. The lowest BCUT2D eigenvalue weighted by Crippen LogP contribution is -2.35. The number of urea groups is 1. The van der Waals surface area contributed by atoms with Crippen LogP contribution >= 0.6 is 22.9 Å². The highest BCUT2D eigenvalue weighted by Crippen LogP contribution is 2.20. The number of halogens is 2. The van der Waals surface area contributed by atoms with E-state index in [4.69, 9.17) is 16.3 Å². The number of carbonyl (C=O) groups is 2. The molecule has 10 heteroatoms. The molecular formula is C17H19ClFN3O4S. The van der Waals surface area contributed by atoms with E-state index in [1.165, 1.54) is 41.5 Å². The van der Waals surface area contributed by atoms with E-state index in [1.807, 2.05) is 0 Å². The third kappa shape index (κ3) is 6.16. The second-order valence-electron chi connectivity index (χ2n) is 5.45. The van der Waals surface area contributed by atoms with Gasteiger partial charge in [0.2, 0.25) is 0 Å². The van der Waals surface area contributed by atoms with Crippen LogP contribution < -0.4 is 5.32 Å². The SMILES string of the molecule is COCCCN(Cc1nc(C(=O)OC)cs1)C(=O)Nc1ccc(F)c(Cl)c1. The number of ether oxygens (including phenoxy) is 2. The lowest BCUT2D eigenvalue weighted by Gasteiger charge is -2.22. The topological polar surface area (TPSA) is 80.8 Å². The van der Waals surface area contributed by atoms with Crippen LogP contribution in [0.5, 0.6) is 0 Å². The van der Waals surface area contributed by atoms with Gasteiger partial charge in [0.1, 0.15) is 10.8 Å². The van der Waals surface area contributed by atoms with Gasteiger partial charge in [-0.1, -0.05) is 11.6 Å². The second kappa shape index (κ2) is 10.2. The first-order valence-corrected chi connectivity index (χ1v) is 9.23. The van der Waals surface area contributed by atoms with E-state index in [0.29, 0.717) is 30.3 Å². The van der Waals surface area contributed by atoms with Gasteiger partial charge in [-0.3, -0.25) is 0 Å². The average Bonchev–Trinajstić information content (AvgIpc) is 3.12. The number of methoxy groups -OCH3 is 2. The number of nitrogens with one attached hydrogen (secondary N) is 1. The Labute approximate surface area is 165 Å². The van der Waals surface area contributed by atoms with E-state index < -0.39 is 17.8 Å². The summed E-state index contributed by atoms with van der Waals surface area (Å²) in [6, 6.07) is 3.53. The zero-order valence-corrected chi connectivity index (χ0v) is 16.4. The first kappa shape index (κ1) is 21.1. The van der Waals surface area contributed by atoms with Crippen molar-refractivity contribution in [1.29, 1.82) is 0 Å². The highest BCUT2D eigenvalue weighted by atomic mass is 35.5. The number of nitrogens with zero attached hydrogens (tertiary/aromatic N) is 2. The Morgan fingerprint density at radius 1 is 1.37 bits per heavy atom. The van der Waals surface area contributed by atoms with E-state index in [1.54, 1.807) is 12.5 Å². The molecule has 27 heavy (non-hydrogen) atoms. The van der Waals surface area contributed by atoms with Gasteiger partial charge >= 0.3 is 12.0 Å². The summed E-state index contributed by atoms with van der Waals surface area (Å²) in [7, 11) is 2.86. The number of rotatable bonds is 8. The molecule has 2 amide bonds. The number of esters is 1. The minimum absolute atomic E-state index is 0.0821. The molecule has 0 aliphatic rings. The Balaban J connectivity index is 2.09. The largest absolute Gasteiger partial charge is 0.464 e. The van der Waals surface area contributed by atoms with Gasteiger partial charge in [-0.15, -0.1) is 11.3 Å². The summed E-state index contributed by atoms with van der Waals surface area (Å²) < 4.78 is 22.9. The Kier molecular flexibility index (Phi) is 7.96. The monoisotopic (exact) mass is 415 g/mol. The molecule has 0 radical (unpaired) electrons. The lowest BCUT2D eigenvalue weighted by molar-refractivity contribution is 0.0594. The molecule has 0 spiro atoms. The van der Waals surface area contributed by atoms with E-state index in [2.05, 4.69) is 15.0 Å². The molecule has 0 saturated heterocycles. The van der Waals surface area contributed by atoms with Crippen LogP contribution in [0.2, 0.25) is 5.02 Å². The summed E-state index contributed by atoms with van der Waals surface area (Å²) in [6.07, 6.45) is 0.614. The smallest absolute Gasteiger partial charge is 0.357 e. The molecule has 0 saturated carbocycles. The average molecular weight is 416 g/mol. The number of aromatic nitrogens is 1. The van der Waals surface area contributed by atoms with E-state index in [-0.39, 0.29) is 17.3 Å². The molecule has 2 rings (SSSR count). The Bertz CT molecular complexity index is 802. The van der Waals surface area contributed by atoms with Crippen LogP contribution in [0.4, 0.5) is 14.9 Å². The molecule has 0 bridgehead atoms. The number of amides is 2. The maximum atomic E-state index is 13.3. The van der Waals surface area contributed by atoms with E-state index in [9.17, 15) is 14.0 Å². The van der Waals surface area contributed by atoms with Crippen molar-refractivity contribution >= 4 is 40.6 Å². The van der Waals surface area contributed by atoms with Crippen molar-refractivity contribution in [2.75, 3.05) is 32.7 Å². The van der Waals surface area contributed by atoms with Gasteiger partial charge in [0.25, 0.3) is 0 Å². The number of anilines is 1. The zero-order chi connectivity index (χ0) is 19.8. The van der Waals surface area contributed by atoms with Crippen LogP contribution in [0.1, 0.15) is 21.9 Å². The van der Waals surface area contributed by atoms with Crippen LogP contribution in [-0.4, -0.2) is 49.3 Å². The molecule has 0 atom stereocenters. The van der Waals surface area contributed by atoms with Crippen molar-refractivity contribution in [2.45, 2.75) is 13.0 Å². The van der Waals surface area contributed by atoms with Crippen molar-refractivity contribution in [2.24, 2.45) is 0 Å². The van der Waals surface area contributed by atoms with Crippen LogP contribution in [0, 0.1) is 5.82 Å². The molecule has 2 aromatic rings. The molecule has 0 fully saturated rings. The maximum absolute atomic E-state index is 13.3. The third-order valence-electron chi connectivity index (χ3n) is 3.51. The molecule has 0 unspecified atom stereocenters. The van der Waals surface area contributed by atoms with Crippen LogP contribution in [0.15, 0.2) is 23.6 Å². The van der Waals surface area contributed by atoms with Crippen molar-refractivity contribution in [3.63, 3.8) is 0 Å². The van der Waals surface area contributed by atoms with Gasteiger partial charge in [-0.2, -0.15) is 0 Å². The number of benzene rings is 1. The predicted octanol–water partition coefficient (Wildman–Crippen LogP) is 3.79. The molecule has 1 aromatic carbocycles. The maximum Gasteiger partial charge on any atom is 0.357 e. The van der Waals surface area contributed by atoms with Crippen LogP contribution in [-0.2, 0) is 16.0 Å². The normalized spacial score (nSPS) is 10.5. The van der Waals surface area contributed by atoms with Gasteiger partial charge in [0.15, 0.2) is 5.69 Å². The van der Waals surface area contributed by atoms with Gasteiger partial charge in [0.05, 0.1) is 18.7 Å². The van der Waals surface area contributed by atoms with Gasteiger partial charge in [-0.25, -0.2) is 19.0 Å². The van der Waals surface area contributed by atoms with Crippen molar-refractivity contribution in [3.8, 4) is 0 Å². The summed E-state index contributed by atoms with van der Waals surface area (Å²) in [5.74, 6) is -1.10. The summed E-state index contributed by atoms with van der Waals surface area (Å²) in [6.45, 7) is 1.09.